The molecule has 17 heavy (non-hydrogen) atoms. The standard InChI is InChI=1S/C13H24N2O2/c1-10-4-5-14-12(7-10)13(17)15-6-2-3-11(8-15)9-16/h10-12,14,16H,2-9H2,1H3. The summed E-state index contributed by atoms with van der Waals surface area (Å²) in [6.45, 7) is 4.98. The molecule has 4 heteroatoms. The van der Waals surface area contributed by atoms with Crippen LogP contribution >= 0.6 is 0 Å². The average molecular weight is 240 g/mol. The van der Waals surface area contributed by atoms with Crippen LogP contribution < -0.4 is 5.32 Å². The Balaban J connectivity index is 1.89. The summed E-state index contributed by atoms with van der Waals surface area (Å²) in [5.41, 5.74) is 0. The number of carbonyl (C=O) groups is 1. The van der Waals surface area contributed by atoms with Crippen LogP contribution in [0.2, 0.25) is 0 Å². The molecule has 0 aromatic rings. The molecule has 2 N–H and O–H groups in total. The lowest BCUT2D eigenvalue weighted by Gasteiger charge is -2.36. The third kappa shape index (κ3) is 3.19. The molecule has 3 atom stereocenters. The Morgan fingerprint density at radius 1 is 1.47 bits per heavy atom. The Bertz CT molecular complexity index is 270. The summed E-state index contributed by atoms with van der Waals surface area (Å²) in [5, 5.41) is 12.5. The zero-order valence-electron chi connectivity index (χ0n) is 10.7. The van der Waals surface area contributed by atoms with Crippen LogP contribution in [0.4, 0.5) is 0 Å². The molecule has 0 saturated carbocycles. The number of rotatable bonds is 2. The van der Waals surface area contributed by atoms with Crippen molar-refractivity contribution in [3.63, 3.8) is 0 Å². The van der Waals surface area contributed by atoms with Gasteiger partial charge in [0, 0.05) is 19.7 Å². The van der Waals surface area contributed by atoms with Crippen molar-refractivity contribution >= 4 is 5.91 Å². The number of hydrogen-bond acceptors (Lipinski definition) is 3. The van der Waals surface area contributed by atoms with E-state index in [1.807, 2.05) is 4.90 Å². The van der Waals surface area contributed by atoms with Gasteiger partial charge in [0.05, 0.1) is 6.04 Å². The predicted octanol–water partition coefficient (Wildman–Crippen LogP) is 0.605. The van der Waals surface area contributed by atoms with E-state index in [1.54, 1.807) is 0 Å². The number of aliphatic hydroxyl groups is 1. The Kier molecular flexibility index (Phi) is 4.40. The van der Waals surface area contributed by atoms with Crippen LogP contribution in [0.1, 0.15) is 32.6 Å². The molecule has 2 heterocycles. The van der Waals surface area contributed by atoms with Crippen LogP contribution in [0, 0.1) is 11.8 Å². The highest BCUT2D eigenvalue weighted by molar-refractivity contribution is 5.82. The normalized spacial score (nSPS) is 34.7. The predicted molar refractivity (Wildman–Crippen MR) is 66.6 cm³/mol. The van der Waals surface area contributed by atoms with Crippen molar-refractivity contribution < 1.29 is 9.90 Å². The fraction of sp³-hybridized carbons (Fsp3) is 0.923. The second-order valence-electron chi connectivity index (χ2n) is 5.61. The van der Waals surface area contributed by atoms with Crippen molar-refractivity contribution in [1.82, 2.24) is 10.2 Å². The molecule has 0 aliphatic carbocycles. The van der Waals surface area contributed by atoms with Gasteiger partial charge in [0.15, 0.2) is 0 Å². The van der Waals surface area contributed by atoms with Gasteiger partial charge >= 0.3 is 0 Å². The molecule has 3 unspecified atom stereocenters. The number of nitrogens with one attached hydrogen (secondary N) is 1. The third-order valence-electron chi connectivity index (χ3n) is 4.05. The fourth-order valence-corrected chi connectivity index (χ4v) is 2.93. The van der Waals surface area contributed by atoms with Gasteiger partial charge in [-0.3, -0.25) is 4.79 Å². The first kappa shape index (κ1) is 12.8. The van der Waals surface area contributed by atoms with Crippen LogP contribution in [0.3, 0.4) is 0 Å². The zero-order valence-corrected chi connectivity index (χ0v) is 10.7. The number of aliphatic hydroxyl groups excluding tert-OH is 1. The summed E-state index contributed by atoms with van der Waals surface area (Å²) in [6.07, 6.45) is 4.20. The van der Waals surface area contributed by atoms with Gasteiger partial charge in [-0.15, -0.1) is 0 Å². The van der Waals surface area contributed by atoms with Crippen LogP contribution in [0.15, 0.2) is 0 Å². The van der Waals surface area contributed by atoms with E-state index in [0.29, 0.717) is 5.92 Å². The van der Waals surface area contributed by atoms with E-state index in [2.05, 4.69) is 12.2 Å². The summed E-state index contributed by atoms with van der Waals surface area (Å²) < 4.78 is 0. The molecule has 0 radical (unpaired) electrons. The lowest BCUT2D eigenvalue weighted by Crippen LogP contribution is -2.52. The van der Waals surface area contributed by atoms with Gasteiger partial charge in [0.1, 0.15) is 0 Å². The maximum Gasteiger partial charge on any atom is 0.239 e. The lowest BCUT2D eigenvalue weighted by molar-refractivity contribution is -0.136. The van der Waals surface area contributed by atoms with Crippen molar-refractivity contribution in [1.29, 1.82) is 0 Å². The van der Waals surface area contributed by atoms with Crippen molar-refractivity contribution in [3.05, 3.63) is 0 Å². The van der Waals surface area contributed by atoms with Crippen LogP contribution in [0.25, 0.3) is 0 Å². The second-order valence-corrected chi connectivity index (χ2v) is 5.61. The molecule has 2 aliphatic rings. The smallest absolute Gasteiger partial charge is 0.239 e. The Morgan fingerprint density at radius 2 is 2.29 bits per heavy atom. The molecule has 0 aromatic heterocycles. The van der Waals surface area contributed by atoms with Gasteiger partial charge in [0.2, 0.25) is 5.91 Å². The number of carbonyl (C=O) groups excluding carboxylic acids is 1. The quantitative estimate of drug-likeness (QED) is 0.743. The molecule has 2 aliphatic heterocycles. The van der Waals surface area contributed by atoms with Crippen molar-refractivity contribution in [2.45, 2.75) is 38.6 Å². The van der Waals surface area contributed by atoms with Gasteiger partial charge in [-0.1, -0.05) is 6.92 Å². The number of amides is 1. The van der Waals surface area contributed by atoms with Crippen LogP contribution in [-0.4, -0.2) is 48.2 Å². The third-order valence-corrected chi connectivity index (χ3v) is 4.05. The van der Waals surface area contributed by atoms with E-state index in [-0.39, 0.29) is 24.5 Å². The first-order chi connectivity index (χ1) is 8.20. The van der Waals surface area contributed by atoms with E-state index >= 15 is 0 Å². The highest BCUT2D eigenvalue weighted by Crippen LogP contribution is 2.20. The molecule has 0 spiro atoms. The number of piperidine rings is 2. The summed E-state index contributed by atoms with van der Waals surface area (Å²) >= 11 is 0. The minimum Gasteiger partial charge on any atom is -0.396 e. The molecule has 2 fully saturated rings. The molecule has 98 valence electrons. The number of nitrogens with zero attached hydrogens (tertiary/aromatic N) is 1. The van der Waals surface area contributed by atoms with E-state index in [1.165, 1.54) is 6.42 Å². The van der Waals surface area contributed by atoms with Gasteiger partial charge in [-0.25, -0.2) is 0 Å². The number of hydrogen-bond donors (Lipinski definition) is 2. The topological polar surface area (TPSA) is 52.6 Å². The maximum absolute atomic E-state index is 12.3. The minimum atomic E-state index is 0.0104. The Labute approximate surface area is 103 Å². The van der Waals surface area contributed by atoms with Gasteiger partial charge in [0.25, 0.3) is 0 Å². The Hall–Kier alpha value is -0.610. The summed E-state index contributed by atoms with van der Waals surface area (Å²) in [5.74, 6) is 1.17. The second kappa shape index (κ2) is 5.83. The van der Waals surface area contributed by atoms with E-state index in [9.17, 15) is 9.90 Å². The molecule has 4 nitrogen and oxygen atoms in total. The molecule has 1 amide bonds. The fourth-order valence-electron chi connectivity index (χ4n) is 2.93. The Morgan fingerprint density at radius 3 is 3.00 bits per heavy atom. The monoisotopic (exact) mass is 240 g/mol. The molecular weight excluding hydrogens is 216 g/mol. The van der Waals surface area contributed by atoms with E-state index in [0.717, 1.165) is 38.9 Å². The zero-order chi connectivity index (χ0) is 12.3. The summed E-state index contributed by atoms with van der Waals surface area (Å²) in [4.78, 5) is 14.3. The average Bonchev–Trinajstić information content (AvgIpc) is 2.38. The SMILES string of the molecule is CC1CCNC(C(=O)N2CCCC(CO)C2)C1. The van der Waals surface area contributed by atoms with Crippen molar-refractivity contribution in [3.8, 4) is 0 Å². The maximum atomic E-state index is 12.3. The van der Waals surface area contributed by atoms with Crippen LogP contribution in [-0.2, 0) is 4.79 Å². The lowest BCUT2D eigenvalue weighted by atomic mass is 9.92. The van der Waals surface area contributed by atoms with E-state index in [4.69, 9.17) is 0 Å². The minimum absolute atomic E-state index is 0.0104. The summed E-state index contributed by atoms with van der Waals surface area (Å²) in [7, 11) is 0. The molecule has 2 saturated heterocycles. The van der Waals surface area contributed by atoms with Crippen molar-refractivity contribution in [2.75, 3.05) is 26.2 Å². The first-order valence-corrected chi connectivity index (χ1v) is 6.83. The number of likely N-dealkylation sites (tertiary alicyclic amines) is 1. The first-order valence-electron chi connectivity index (χ1n) is 6.83. The van der Waals surface area contributed by atoms with Gasteiger partial charge in [-0.2, -0.15) is 0 Å². The molecular formula is C13H24N2O2. The van der Waals surface area contributed by atoms with Gasteiger partial charge < -0.3 is 15.3 Å². The van der Waals surface area contributed by atoms with Crippen molar-refractivity contribution in [2.24, 2.45) is 11.8 Å². The van der Waals surface area contributed by atoms with Crippen LogP contribution in [0.5, 0.6) is 0 Å². The highest BCUT2D eigenvalue weighted by atomic mass is 16.3. The molecule has 2 rings (SSSR count). The molecule has 0 aromatic carbocycles. The van der Waals surface area contributed by atoms with Gasteiger partial charge in [-0.05, 0) is 44.1 Å². The largest absolute Gasteiger partial charge is 0.396 e. The summed E-state index contributed by atoms with van der Waals surface area (Å²) in [6, 6.07) is 0.0104. The molecule has 0 bridgehead atoms. The van der Waals surface area contributed by atoms with E-state index < -0.39 is 0 Å². The highest BCUT2D eigenvalue weighted by Gasteiger charge is 2.30.